The Morgan fingerprint density at radius 2 is 1.85 bits per heavy atom. The summed E-state index contributed by atoms with van der Waals surface area (Å²) >= 11 is 0. The molecule has 0 aliphatic carbocycles. The Morgan fingerprint density at radius 1 is 1.15 bits per heavy atom. The van der Waals surface area contributed by atoms with E-state index >= 15 is 0 Å². The van der Waals surface area contributed by atoms with Gasteiger partial charge < -0.3 is 10.4 Å². The lowest BCUT2D eigenvalue weighted by molar-refractivity contribution is -0.384. The Hall–Kier alpha value is -3.75. The van der Waals surface area contributed by atoms with Gasteiger partial charge in [0.25, 0.3) is 23.4 Å². The molecule has 0 fully saturated rings. The van der Waals surface area contributed by atoms with Gasteiger partial charge in [-0.15, -0.1) is 0 Å². The predicted octanol–water partition coefficient (Wildman–Crippen LogP) is 2.56. The summed E-state index contributed by atoms with van der Waals surface area (Å²) in [6.07, 6.45) is 0.623. The van der Waals surface area contributed by atoms with Crippen molar-refractivity contribution in [2.75, 3.05) is 11.9 Å². The van der Waals surface area contributed by atoms with E-state index in [0.29, 0.717) is 13.0 Å². The predicted molar refractivity (Wildman–Crippen MR) is 94.8 cm³/mol. The molecule has 0 atom stereocenters. The molecule has 2 aromatic rings. The lowest BCUT2D eigenvalue weighted by Gasteiger charge is -2.11. The molecule has 1 aliphatic heterocycles. The molecule has 1 aliphatic rings. The SMILES string of the molecule is CCCN1C(=O)c2ccc(C(=O)Nc3ccc([N+](=O)[O-])cc3O)cc2C1=O. The summed E-state index contributed by atoms with van der Waals surface area (Å²) in [5.74, 6) is -1.93. The molecule has 27 heavy (non-hydrogen) atoms. The number of amides is 3. The number of carbonyl (C=O) groups is 3. The summed E-state index contributed by atoms with van der Waals surface area (Å²) in [4.78, 5) is 48.1. The molecule has 0 spiro atoms. The number of nitrogens with one attached hydrogen (secondary N) is 1. The topological polar surface area (TPSA) is 130 Å². The molecule has 0 saturated heterocycles. The van der Waals surface area contributed by atoms with E-state index in [1.54, 1.807) is 0 Å². The van der Waals surface area contributed by atoms with E-state index in [0.717, 1.165) is 17.0 Å². The quantitative estimate of drug-likeness (QED) is 0.360. The number of aromatic hydroxyl groups is 1. The van der Waals surface area contributed by atoms with Gasteiger partial charge in [0.15, 0.2) is 0 Å². The minimum atomic E-state index is -0.670. The Balaban J connectivity index is 1.85. The first-order valence-electron chi connectivity index (χ1n) is 8.12. The van der Waals surface area contributed by atoms with Gasteiger partial charge in [0, 0.05) is 18.2 Å². The number of non-ortho nitro benzene ring substituents is 1. The van der Waals surface area contributed by atoms with E-state index in [1.165, 1.54) is 24.3 Å². The maximum atomic E-state index is 12.4. The Bertz CT molecular complexity index is 985. The normalized spacial score (nSPS) is 12.9. The molecule has 9 heteroatoms. The third-order valence-corrected chi connectivity index (χ3v) is 4.12. The molecule has 0 saturated carbocycles. The van der Waals surface area contributed by atoms with Crippen LogP contribution in [-0.4, -0.2) is 39.2 Å². The number of hydrogen-bond acceptors (Lipinski definition) is 6. The van der Waals surface area contributed by atoms with Crippen LogP contribution in [0.1, 0.15) is 44.4 Å². The highest BCUT2D eigenvalue weighted by molar-refractivity contribution is 6.22. The van der Waals surface area contributed by atoms with E-state index < -0.39 is 28.4 Å². The number of benzene rings is 2. The lowest BCUT2D eigenvalue weighted by Crippen LogP contribution is -2.30. The van der Waals surface area contributed by atoms with Crippen LogP contribution in [0.15, 0.2) is 36.4 Å². The molecule has 0 unspecified atom stereocenters. The van der Waals surface area contributed by atoms with Gasteiger partial charge in [0.2, 0.25) is 0 Å². The number of nitrogens with zero attached hydrogens (tertiary/aromatic N) is 2. The van der Waals surface area contributed by atoms with Crippen molar-refractivity contribution in [1.29, 1.82) is 0 Å². The number of phenols is 1. The maximum absolute atomic E-state index is 12.4. The average Bonchev–Trinajstić information content (AvgIpc) is 2.88. The molecule has 3 rings (SSSR count). The number of phenolic OH excluding ortho intramolecular Hbond substituents is 1. The molecule has 0 aromatic heterocycles. The molecule has 0 bridgehead atoms. The first kappa shape index (κ1) is 18.1. The average molecular weight is 369 g/mol. The lowest BCUT2D eigenvalue weighted by atomic mass is 10.1. The number of hydrogen-bond donors (Lipinski definition) is 2. The fraction of sp³-hybridized carbons (Fsp3) is 0.167. The van der Waals surface area contributed by atoms with E-state index in [1.807, 2.05) is 6.92 Å². The first-order chi connectivity index (χ1) is 12.8. The number of imide groups is 1. The Labute approximate surface area is 153 Å². The van der Waals surface area contributed by atoms with Crippen molar-refractivity contribution in [2.24, 2.45) is 0 Å². The van der Waals surface area contributed by atoms with Crippen molar-refractivity contribution in [2.45, 2.75) is 13.3 Å². The second-order valence-electron chi connectivity index (χ2n) is 5.93. The molecule has 0 radical (unpaired) electrons. The zero-order chi connectivity index (χ0) is 19.7. The number of nitro benzene ring substituents is 1. The minimum Gasteiger partial charge on any atom is -0.506 e. The van der Waals surface area contributed by atoms with Crippen molar-refractivity contribution in [1.82, 2.24) is 4.90 Å². The molecular formula is C18H15N3O6. The summed E-state index contributed by atoms with van der Waals surface area (Å²) < 4.78 is 0. The van der Waals surface area contributed by atoms with E-state index in [4.69, 9.17) is 0 Å². The zero-order valence-electron chi connectivity index (χ0n) is 14.3. The van der Waals surface area contributed by atoms with Crippen LogP contribution in [0, 0.1) is 10.1 Å². The maximum Gasteiger partial charge on any atom is 0.273 e. The largest absolute Gasteiger partial charge is 0.506 e. The van der Waals surface area contributed by atoms with Gasteiger partial charge in [0.05, 0.1) is 27.8 Å². The third kappa shape index (κ3) is 3.22. The number of fused-ring (bicyclic) bond motifs is 1. The molecular weight excluding hydrogens is 354 g/mol. The molecule has 2 aromatic carbocycles. The van der Waals surface area contributed by atoms with Crippen LogP contribution in [0.5, 0.6) is 5.75 Å². The van der Waals surface area contributed by atoms with Gasteiger partial charge in [-0.25, -0.2) is 0 Å². The molecule has 1 heterocycles. The number of carbonyl (C=O) groups excluding carboxylic acids is 3. The summed E-state index contributed by atoms with van der Waals surface area (Å²) in [5, 5.41) is 23.0. The second-order valence-corrected chi connectivity index (χ2v) is 5.93. The van der Waals surface area contributed by atoms with E-state index in [2.05, 4.69) is 5.32 Å². The van der Waals surface area contributed by atoms with Crippen molar-refractivity contribution in [3.05, 3.63) is 63.2 Å². The minimum absolute atomic E-state index is 0.0129. The summed E-state index contributed by atoms with van der Waals surface area (Å²) in [6, 6.07) is 7.40. The van der Waals surface area contributed by atoms with Crippen LogP contribution < -0.4 is 5.32 Å². The molecule has 9 nitrogen and oxygen atoms in total. The van der Waals surface area contributed by atoms with E-state index in [-0.39, 0.29) is 28.1 Å². The Morgan fingerprint density at radius 3 is 2.48 bits per heavy atom. The van der Waals surface area contributed by atoms with Crippen LogP contribution in [-0.2, 0) is 0 Å². The first-order valence-corrected chi connectivity index (χ1v) is 8.12. The second kappa shape index (κ2) is 6.87. The molecule has 3 amide bonds. The Kier molecular flexibility index (Phi) is 4.59. The van der Waals surface area contributed by atoms with Gasteiger partial charge in [-0.1, -0.05) is 6.92 Å². The number of rotatable bonds is 5. The van der Waals surface area contributed by atoms with Gasteiger partial charge in [0.1, 0.15) is 5.75 Å². The van der Waals surface area contributed by atoms with Gasteiger partial charge >= 0.3 is 0 Å². The molecule has 138 valence electrons. The smallest absolute Gasteiger partial charge is 0.273 e. The summed E-state index contributed by atoms with van der Waals surface area (Å²) in [5.41, 5.74) is 0.174. The highest BCUT2D eigenvalue weighted by Crippen LogP contribution is 2.29. The van der Waals surface area contributed by atoms with Gasteiger partial charge in [-0.2, -0.15) is 0 Å². The number of nitro groups is 1. The van der Waals surface area contributed by atoms with Crippen LogP contribution in [0.25, 0.3) is 0 Å². The van der Waals surface area contributed by atoms with Crippen molar-refractivity contribution in [3.8, 4) is 5.75 Å². The van der Waals surface area contributed by atoms with Crippen LogP contribution >= 0.6 is 0 Å². The van der Waals surface area contributed by atoms with Gasteiger partial charge in [-0.05, 0) is 30.7 Å². The zero-order valence-corrected chi connectivity index (χ0v) is 14.3. The fourth-order valence-electron chi connectivity index (χ4n) is 2.79. The van der Waals surface area contributed by atoms with Crippen LogP contribution in [0.2, 0.25) is 0 Å². The highest BCUT2D eigenvalue weighted by atomic mass is 16.6. The van der Waals surface area contributed by atoms with Crippen LogP contribution in [0.3, 0.4) is 0 Å². The van der Waals surface area contributed by atoms with Crippen molar-refractivity contribution in [3.63, 3.8) is 0 Å². The van der Waals surface area contributed by atoms with E-state index in [9.17, 15) is 29.6 Å². The monoisotopic (exact) mass is 369 g/mol. The van der Waals surface area contributed by atoms with Crippen LogP contribution in [0.4, 0.5) is 11.4 Å². The van der Waals surface area contributed by atoms with Gasteiger partial charge in [-0.3, -0.25) is 29.4 Å². The standard InChI is InChI=1S/C18H15N3O6/c1-2-7-20-17(24)12-5-3-10(8-13(12)18(20)25)16(23)19-14-6-4-11(21(26)27)9-15(14)22/h3-6,8-9,22H,2,7H2,1H3,(H,19,23). The summed E-state index contributed by atoms with van der Waals surface area (Å²) in [6.45, 7) is 2.14. The molecule has 2 N–H and O–H groups in total. The van der Waals surface area contributed by atoms with Crippen molar-refractivity contribution >= 4 is 29.1 Å². The fourth-order valence-corrected chi connectivity index (χ4v) is 2.79. The number of anilines is 1. The summed E-state index contributed by atoms with van der Waals surface area (Å²) in [7, 11) is 0. The van der Waals surface area contributed by atoms with Crippen molar-refractivity contribution < 1.29 is 24.4 Å². The highest BCUT2D eigenvalue weighted by Gasteiger charge is 2.35. The third-order valence-electron chi connectivity index (χ3n) is 4.12.